The van der Waals surface area contributed by atoms with Crippen LogP contribution in [0.25, 0.3) is 0 Å². The molecule has 2 fully saturated rings. The van der Waals surface area contributed by atoms with Crippen molar-refractivity contribution in [2.24, 2.45) is 5.73 Å². The van der Waals surface area contributed by atoms with E-state index in [9.17, 15) is 9.59 Å². The first-order valence-electron chi connectivity index (χ1n) is 7.92. The van der Waals surface area contributed by atoms with Gasteiger partial charge in [-0.05, 0) is 32.2 Å². The second-order valence-electron chi connectivity index (χ2n) is 6.08. The fourth-order valence-electron chi connectivity index (χ4n) is 2.73. The number of nitrogens with zero attached hydrogens (tertiary/aromatic N) is 2. The second kappa shape index (κ2) is 6.48. The fraction of sp³-hybridized carbons (Fsp3) is 0.667. The zero-order valence-electron chi connectivity index (χ0n) is 12.6. The number of carbonyl (C=O) groups is 2. The number of likely N-dealkylation sites (tertiary alicyclic amines) is 1. The maximum atomic E-state index is 12.2. The van der Waals surface area contributed by atoms with Gasteiger partial charge in [-0.25, -0.2) is 0 Å². The van der Waals surface area contributed by atoms with E-state index in [2.05, 4.69) is 10.5 Å². The molecule has 1 aromatic heterocycles. The average molecular weight is 306 g/mol. The first-order valence-corrected chi connectivity index (χ1v) is 7.92. The van der Waals surface area contributed by atoms with E-state index in [4.69, 9.17) is 10.3 Å². The molecule has 2 aliphatic rings. The van der Waals surface area contributed by atoms with E-state index >= 15 is 0 Å². The van der Waals surface area contributed by atoms with Crippen molar-refractivity contribution in [2.75, 3.05) is 19.6 Å². The highest BCUT2D eigenvalue weighted by atomic mass is 16.5. The molecule has 7 nitrogen and oxygen atoms in total. The Balaban J connectivity index is 1.48. The molecule has 0 aromatic carbocycles. The molecular formula is C15H22N4O3. The molecule has 3 rings (SSSR count). The molecule has 22 heavy (non-hydrogen) atoms. The van der Waals surface area contributed by atoms with E-state index in [1.165, 1.54) is 0 Å². The van der Waals surface area contributed by atoms with Crippen molar-refractivity contribution in [3.05, 3.63) is 17.5 Å². The van der Waals surface area contributed by atoms with Crippen molar-refractivity contribution < 1.29 is 14.1 Å². The van der Waals surface area contributed by atoms with E-state index < -0.39 is 0 Å². The lowest BCUT2D eigenvalue weighted by atomic mass is 10.2. The van der Waals surface area contributed by atoms with E-state index in [-0.39, 0.29) is 17.9 Å². The minimum Gasteiger partial charge on any atom is -0.360 e. The summed E-state index contributed by atoms with van der Waals surface area (Å²) >= 11 is 0. The van der Waals surface area contributed by atoms with E-state index in [0.29, 0.717) is 44.1 Å². The number of hydrogen-bond donors (Lipinski definition) is 2. The van der Waals surface area contributed by atoms with Crippen LogP contribution in [0.3, 0.4) is 0 Å². The van der Waals surface area contributed by atoms with Crippen molar-refractivity contribution in [3.63, 3.8) is 0 Å². The van der Waals surface area contributed by atoms with Gasteiger partial charge in [0, 0.05) is 37.5 Å². The maximum absolute atomic E-state index is 12.2. The molecule has 0 spiro atoms. The molecule has 1 atom stereocenters. The number of amides is 2. The lowest BCUT2D eigenvalue weighted by Gasteiger charge is -2.16. The van der Waals surface area contributed by atoms with Gasteiger partial charge in [0.2, 0.25) is 5.91 Å². The van der Waals surface area contributed by atoms with Gasteiger partial charge in [0.15, 0.2) is 5.69 Å². The molecular weight excluding hydrogens is 284 g/mol. The third-order valence-electron chi connectivity index (χ3n) is 4.21. The third-order valence-corrected chi connectivity index (χ3v) is 4.21. The summed E-state index contributed by atoms with van der Waals surface area (Å²) in [6, 6.07) is 1.71. The Morgan fingerprint density at radius 1 is 1.41 bits per heavy atom. The second-order valence-corrected chi connectivity index (χ2v) is 6.08. The molecule has 0 unspecified atom stereocenters. The summed E-state index contributed by atoms with van der Waals surface area (Å²) in [6.07, 6.45) is 4.17. The van der Waals surface area contributed by atoms with Crippen molar-refractivity contribution in [1.29, 1.82) is 0 Å². The molecule has 120 valence electrons. The first kappa shape index (κ1) is 15.0. The Kier molecular flexibility index (Phi) is 4.42. The molecule has 0 radical (unpaired) electrons. The van der Waals surface area contributed by atoms with Crippen LogP contribution in [0.4, 0.5) is 0 Å². The van der Waals surface area contributed by atoms with Crippen LogP contribution >= 0.6 is 0 Å². The summed E-state index contributed by atoms with van der Waals surface area (Å²) in [7, 11) is 0. The van der Waals surface area contributed by atoms with Gasteiger partial charge in [-0.3, -0.25) is 9.59 Å². The normalized spacial score (nSPS) is 21.1. The summed E-state index contributed by atoms with van der Waals surface area (Å²) < 4.78 is 5.19. The Bertz CT molecular complexity index is 553. The number of nitrogens with one attached hydrogen (secondary N) is 1. The zero-order valence-corrected chi connectivity index (χ0v) is 12.6. The Labute approximate surface area is 129 Å². The summed E-state index contributed by atoms with van der Waals surface area (Å²) in [5, 5.41) is 6.76. The Hall–Kier alpha value is -1.89. The summed E-state index contributed by atoms with van der Waals surface area (Å²) in [6.45, 7) is 1.76. The molecule has 2 heterocycles. The number of nitrogens with two attached hydrogens (primary N) is 1. The van der Waals surface area contributed by atoms with Gasteiger partial charge in [-0.1, -0.05) is 5.16 Å². The summed E-state index contributed by atoms with van der Waals surface area (Å²) in [5.41, 5.74) is 5.75. The summed E-state index contributed by atoms with van der Waals surface area (Å²) in [4.78, 5) is 25.9. The molecule has 3 N–H and O–H groups in total. The van der Waals surface area contributed by atoms with E-state index in [1.807, 2.05) is 0 Å². The zero-order chi connectivity index (χ0) is 15.5. The number of rotatable bonds is 6. The number of hydrogen-bond acceptors (Lipinski definition) is 5. The summed E-state index contributed by atoms with van der Waals surface area (Å²) in [5.74, 6) is 1.13. The van der Waals surface area contributed by atoms with Gasteiger partial charge in [-0.15, -0.1) is 0 Å². The molecule has 1 aliphatic carbocycles. The largest absolute Gasteiger partial charge is 0.360 e. The molecule has 1 saturated carbocycles. The van der Waals surface area contributed by atoms with Gasteiger partial charge in [0.25, 0.3) is 5.91 Å². The van der Waals surface area contributed by atoms with Crippen molar-refractivity contribution in [1.82, 2.24) is 15.4 Å². The lowest BCUT2D eigenvalue weighted by molar-refractivity contribution is -0.130. The van der Waals surface area contributed by atoms with Crippen LogP contribution in [0.1, 0.15) is 54.3 Å². The average Bonchev–Trinajstić information content (AvgIpc) is 3.06. The molecule has 1 aliphatic heterocycles. The van der Waals surface area contributed by atoms with Crippen LogP contribution in [0, 0.1) is 0 Å². The lowest BCUT2D eigenvalue weighted by Crippen LogP contribution is -2.38. The molecule has 1 aromatic rings. The minimum atomic E-state index is -0.225. The monoisotopic (exact) mass is 306 g/mol. The van der Waals surface area contributed by atoms with Crippen LogP contribution in [-0.2, 0) is 4.79 Å². The highest BCUT2D eigenvalue weighted by molar-refractivity contribution is 5.92. The molecule has 2 amide bonds. The van der Waals surface area contributed by atoms with Gasteiger partial charge in [0.05, 0.1) is 0 Å². The Morgan fingerprint density at radius 2 is 2.23 bits per heavy atom. The van der Waals surface area contributed by atoms with Gasteiger partial charge in [-0.2, -0.15) is 0 Å². The highest BCUT2D eigenvalue weighted by Gasteiger charge is 2.30. The van der Waals surface area contributed by atoms with Gasteiger partial charge < -0.3 is 20.5 Å². The third kappa shape index (κ3) is 3.47. The van der Waals surface area contributed by atoms with Crippen LogP contribution in [0.2, 0.25) is 0 Å². The standard InChI is InChI=1S/C15H22N4O3/c16-6-1-2-14(20)19-7-5-11(9-19)17-15(21)12-8-13(22-18-12)10-3-4-10/h8,10-11H,1-7,9,16H2,(H,17,21)/t11-/m0/s1. The SMILES string of the molecule is NCCCC(=O)N1CC[C@H](NC(=O)c2cc(C3CC3)on2)C1. The maximum Gasteiger partial charge on any atom is 0.273 e. The number of carbonyl (C=O) groups excluding carboxylic acids is 2. The smallest absolute Gasteiger partial charge is 0.273 e. The molecule has 7 heteroatoms. The predicted octanol–water partition coefficient (Wildman–Crippen LogP) is 0.622. The molecule has 0 bridgehead atoms. The van der Waals surface area contributed by atoms with Crippen molar-refractivity contribution >= 4 is 11.8 Å². The Morgan fingerprint density at radius 3 is 2.95 bits per heavy atom. The van der Waals surface area contributed by atoms with Crippen LogP contribution < -0.4 is 11.1 Å². The van der Waals surface area contributed by atoms with Crippen molar-refractivity contribution in [3.8, 4) is 0 Å². The fourth-order valence-corrected chi connectivity index (χ4v) is 2.73. The van der Waals surface area contributed by atoms with Crippen LogP contribution in [0.5, 0.6) is 0 Å². The molecule has 1 saturated heterocycles. The van der Waals surface area contributed by atoms with E-state index in [1.54, 1.807) is 11.0 Å². The van der Waals surface area contributed by atoms with Crippen LogP contribution in [0.15, 0.2) is 10.6 Å². The van der Waals surface area contributed by atoms with Crippen LogP contribution in [-0.4, -0.2) is 47.5 Å². The van der Waals surface area contributed by atoms with Gasteiger partial charge in [0.1, 0.15) is 5.76 Å². The quantitative estimate of drug-likeness (QED) is 0.802. The van der Waals surface area contributed by atoms with Crippen molar-refractivity contribution in [2.45, 2.75) is 44.1 Å². The predicted molar refractivity (Wildman–Crippen MR) is 79.2 cm³/mol. The number of aromatic nitrogens is 1. The topological polar surface area (TPSA) is 101 Å². The van der Waals surface area contributed by atoms with Gasteiger partial charge >= 0.3 is 0 Å². The highest BCUT2D eigenvalue weighted by Crippen LogP contribution is 2.40. The van der Waals surface area contributed by atoms with E-state index in [0.717, 1.165) is 25.0 Å². The first-order chi connectivity index (χ1) is 10.7. The minimum absolute atomic E-state index is 0.0181.